The molecule has 1 saturated heterocycles. The van der Waals surface area contributed by atoms with Crippen LogP contribution >= 0.6 is 0 Å². The van der Waals surface area contributed by atoms with Gasteiger partial charge >= 0.3 is 0 Å². The first kappa shape index (κ1) is 16.2. The molecule has 6 heteroatoms. The molecule has 0 radical (unpaired) electrons. The van der Waals surface area contributed by atoms with Gasteiger partial charge in [-0.15, -0.1) is 0 Å². The fourth-order valence-corrected chi connectivity index (χ4v) is 3.98. The van der Waals surface area contributed by atoms with E-state index in [0.717, 1.165) is 59.5 Å². The van der Waals surface area contributed by atoms with E-state index >= 15 is 0 Å². The Kier molecular flexibility index (Phi) is 3.98. The molecule has 0 saturated carbocycles. The SMILES string of the molecule is Fc1ccc(-c2ncn(C3CCNCC3)c2-c2ccnc3[nH]ccc23)cc1. The maximum Gasteiger partial charge on any atom is 0.137 e. The van der Waals surface area contributed by atoms with Crippen LogP contribution in [0.15, 0.2) is 55.1 Å². The Morgan fingerprint density at radius 2 is 1.81 bits per heavy atom. The molecule has 1 fully saturated rings. The van der Waals surface area contributed by atoms with Gasteiger partial charge in [-0.2, -0.15) is 0 Å². The number of aromatic amines is 1. The summed E-state index contributed by atoms with van der Waals surface area (Å²) < 4.78 is 15.7. The predicted molar refractivity (Wildman–Crippen MR) is 104 cm³/mol. The maximum atomic E-state index is 13.4. The number of nitrogens with one attached hydrogen (secondary N) is 2. The van der Waals surface area contributed by atoms with Gasteiger partial charge in [0.2, 0.25) is 0 Å². The molecule has 2 N–H and O–H groups in total. The average molecular weight is 361 g/mol. The highest BCUT2D eigenvalue weighted by Gasteiger charge is 2.23. The fraction of sp³-hybridized carbons (Fsp3) is 0.238. The topological polar surface area (TPSA) is 58.5 Å². The van der Waals surface area contributed by atoms with Gasteiger partial charge < -0.3 is 14.9 Å². The highest BCUT2D eigenvalue weighted by atomic mass is 19.1. The molecule has 0 atom stereocenters. The number of aromatic nitrogens is 4. The van der Waals surface area contributed by atoms with Crippen LogP contribution < -0.4 is 5.32 Å². The first-order valence-corrected chi connectivity index (χ1v) is 9.27. The van der Waals surface area contributed by atoms with Crippen LogP contribution in [0.4, 0.5) is 4.39 Å². The van der Waals surface area contributed by atoms with Crippen LogP contribution in [-0.4, -0.2) is 32.6 Å². The van der Waals surface area contributed by atoms with Crippen LogP contribution in [0.1, 0.15) is 18.9 Å². The molecule has 4 heterocycles. The molecule has 0 unspecified atom stereocenters. The van der Waals surface area contributed by atoms with Crippen LogP contribution in [0.25, 0.3) is 33.5 Å². The van der Waals surface area contributed by atoms with Crippen LogP contribution in [0.2, 0.25) is 0 Å². The smallest absolute Gasteiger partial charge is 0.137 e. The summed E-state index contributed by atoms with van der Waals surface area (Å²) in [5.74, 6) is -0.241. The zero-order chi connectivity index (χ0) is 18.2. The largest absolute Gasteiger partial charge is 0.346 e. The molecule has 0 aliphatic carbocycles. The lowest BCUT2D eigenvalue weighted by Crippen LogP contribution is -2.29. The molecule has 4 aromatic rings. The number of imidazole rings is 1. The van der Waals surface area contributed by atoms with Gasteiger partial charge in [-0.25, -0.2) is 14.4 Å². The molecule has 5 rings (SSSR count). The molecule has 0 amide bonds. The van der Waals surface area contributed by atoms with E-state index in [9.17, 15) is 4.39 Å². The van der Waals surface area contributed by atoms with E-state index in [1.165, 1.54) is 12.1 Å². The van der Waals surface area contributed by atoms with Crippen molar-refractivity contribution in [2.45, 2.75) is 18.9 Å². The van der Waals surface area contributed by atoms with Crippen molar-refractivity contribution in [1.82, 2.24) is 24.8 Å². The number of pyridine rings is 1. The highest BCUT2D eigenvalue weighted by molar-refractivity contribution is 5.95. The summed E-state index contributed by atoms with van der Waals surface area (Å²) in [7, 11) is 0. The molecule has 1 aromatic carbocycles. The van der Waals surface area contributed by atoms with Gasteiger partial charge in [0, 0.05) is 34.9 Å². The number of H-pyrrole nitrogens is 1. The first-order valence-electron chi connectivity index (χ1n) is 9.27. The minimum absolute atomic E-state index is 0.241. The van der Waals surface area contributed by atoms with Gasteiger partial charge in [-0.3, -0.25) is 0 Å². The third kappa shape index (κ3) is 2.82. The number of benzene rings is 1. The summed E-state index contributed by atoms with van der Waals surface area (Å²) in [6.45, 7) is 2.01. The van der Waals surface area contributed by atoms with Crippen molar-refractivity contribution in [2.24, 2.45) is 0 Å². The number of piperidine rings is 1. The van der Waals surface area contributed by atoms with E-state index in [0.29, 0.717) is 6.04 Å². The summed E-state index contributed by atoms with van der Waals surface area (Å²) in [5, 5.41) is 4.49. The molecule has 5 nitrogen and oxygen atoms in total. The quantitative estimate of drug-likeness (QED) is 0.576. The van der Waals surface area contributed by atoms with Gasteiger partial charge in [0.25, 0.3) is 0 Å². The Labute approximate surface area is 156 Å². The van der Waals surface area contributed by atoms with Gasteiger partial charge in [0.05, 0.1) is 17.7 Å². The Balaban J connectivity index is 1.74. The van der Waals surface area contributed by atoms with Gasteiger partial charge in [0.1, 0.15) is 11.5 Å². The second kappa shape index (κ2) is 6.63. The predicted octanol–water partition coefficient (Wildman–Crippen LogP) is 4.16. The lowest BCUT2D eigenvalue weighted by molar-refractivity contribution is 0.370. The molecular formula is C21H20FN5. The summed E-state index contributed by atoms with van der Waals surface area (Å²) in [5.41, 5.74) is 4.81. The van der Waals surface area contributed by atoms with E-state index in [1.807, 2.05) is 30.9 Å². The highest BCUT2D eigenvalue weighted by Crippen LogP contribution is 2.38. The van der Waals surface area contributed by atoms with Crippen molar-refractivity contribution in [3.05, 3.63) is 60.9 Å². The first-order chi connectivity index (χ1) is 13.3. The number of hydrogen-bond donors (Lipinski definition) is 2. The second-order valence-electron chi connectivity index (χ2n) is 6.94. The van der Waals surface area contributed by atoms with Crippen molar-refractivity contribution in [3.63, 3.8) is 0 Å². The molecule has 1 aliphatic rings. The van der Waals surface area contributed by atoms with Gasteiger partial charge in [-0.05, 0) is 62.3 Å². The lowest BCUT2D eigenvalue weighted by atomic mass is 10.0. The van der Waals surface area contributed by atoms with E-state index in [1.54, 1.807) is 12.1 Å². The van der Waals surface area contributed by atoms with Crippen molar-refractivity contribution in [2.75, 3.05) is 13.1 Å². The summed E-state index contributed by atoms with van der Waals surface area (Å²) in [4.78, 5) is 12.4. The Morgan fingerprint density at radius 3 is 2.63 bits per heavy atom. The fourth-order valence-electron chi connectivity index (χ4n) is 3.98. The lowest BCUT2D eigenvalue weighted by Gasteiger charge is -2.26. The number of rotatable bonds is 3. The van der Waals surface area contributed by atoms with Crippen molar-refractivity contribution >= 4 is 11.0 Å². The molecule has 0 spiro atoms. The van der Waals surface area contributed by atoms with Gasteiger partial charge in [0.15, 0.2) is 0 Å². The van der Waals surface area contributed by atoms with E-state index in [2.05, 4.69) is 19.9 Å². The van der Waals surface area contributed by atoms with Gasteiger partial charge in [-0.1, -0.05) is 0 Å². The zero-order valence-corrected chi connectivity index (χ0v) is 14.8. The average Bonchev–Trinajstić information content (AvgIpc) is 3.36. The Bertz CT molecular complexity index is 1070. The van der Waals surface area contributed by atoms with Crippen LogP contribution in [0, 0.1) is 5.82 Å². The number of nitrogens with zero attached hydrogens (tertiary/aromatic N) is 3. The van der Waals surface area contributed by atoms with Crippen molar-refractivity contribution in [3.8, 4) is 22.5 Å². The number of fused-ring (bicyclic) bond motifs is 1. The summed E-state index contributed by atoms with van der Waals surface area (Å²) in [6.07, 6.45) is 7.79. The second-order valence-corrected chi connectivity index (χ2v) is 6.94. The molecule has 136 valence electrons. The Hall–Kier alpha value is -2.99. The van der Waals surface area contributed by atoms with E-state index in [4.69, 9.17) is 4.98 Å². The van der Waals surface area contributed by atoms with Crippen molar-refractivity contribution in [1.29, 1.82) is 0 Å². The molecule has 0 bridgehead atoms. The van der Waals surface area contributed by atoms with Crippen LogP contribution in [0.5, 0.6) is 0 Å². The van der Waals surface area contributed by atoms with E-state index in [-0.39, 0.29) is 5.82 Å². The Morgan fingerprint density at radius 1 is 1.00 bits per heavy atom. The maximum absolute atomic E-state index is 13.4. The third-order valence-electron chi connectivity index (χ3n) is 5.33. The monoisotopic (exact) mass is 361 g/mol. The minimum Gasteiger partial charge on any atom is -0.346 e. The van der Waals surface area contributed by atoms with Crippen LogP contribution in [0.3, 0.4) is 0 Å². The molecule has 3 aromatic heterocycles. The van der Waals surface area contributed by atoms with Crippen LogP contribution in [-0.2, 0) is 0 Å². The van der Waals surface area contributed by atoms with Crippen molar-refractivity contribution < 1.29 is 4.39 Å². The zero-order valence-electron chi connectivity index (χ0n) is 14.8. The standard InChI is InChI=1S/C21H20FN5/c22-15-3-1-14(2-4-15)19-20(17-7-11-24-21-18(17)8-12-25-21)27(13-26-19)16-5-9-23-10-6-16/h1-4,7-8,11-13,16,23H,5-6,9-10H2,(H,24,25). The third-order valence-corrected chi connectivity index (χ3v) is 5.33. The van der Waals surface area contributed by atoms with E-state index < -0.39 is 0 Å². The normalized spacial score (nSPS) is 15.4. The number of halogens is 1. The number of hydrogen-bond acceptors (Lipinski definition) is 3. The summed E-state index contributed by atoms with van der Waals surface area (Å²) in [6, 6.07) is 11.0. The minimum atomic E-state index is -0.241. The molecular weight excluding hydrogens is 341 g/mol. The molecule has 1 aliphatic heterocycles. The summed E-state index contributed by atoms with van der Waals surface area (Å²) >= 11 is 0. The molecule has 27 heavy (non-hydrogen) atoms.